The maximum Gasteiger partial charge on any atom is 0.316 e. The minimum absolute atomic E-state index is 0.189. The molecule has 0 saturated carbocycles. The van der Waals surface area contributed by atoms with Crippen molar-refractivity contribution in [2.75, 3.05) is 0 Å². The minimum atomic E-state index is -0.824. The lowest BCUT2D eigenvalue weighted by molar-refractivity contribution is -0.135. The Morgan fingerprint density at radius 1 is 1.50 bits per heavy atom. The van der Waals surface area contributed by atoms with Crippen LogP contribution in [0.25, 0.3) is 10.9 Å². The van der Waals surface area contributed by atoms with Gasteiger partial charge in [-0.05, 0) is 30.2 Å². The second-order valence-corrected chi connectivity index (χ2v) is 5.06. The fourth-order valence-electron chi connectivity index (χ4n) is 1.62. The summed E-state index contributed by atoms with van der Waals surface area (Å²) in [4.78, 5) is 13.8. The van der Waals surface area contributed by atoms with Gasteiger partial charge in [-0.3, -0.25) is 4.79 Å². The van der Waals surface area contributed by atoms with Crippen molar-refractivity contribution in [1.82, 2.24) is 4.98 Å². The molecule has 3 N–H and O–H groups in total. The maximum absolute atomic E-state index is 10.8. The largest absolute Gasteiger partial charge is 0.508 e. The quantitative estimate of drug-likeness (QED) is 0.597. The third kappa shape index (κ3) is 2.13. The summed E-state index contributed by atoms with van der Waals surface area (Å²) >= 11 is 1.90. The molecule has 5 heteroatoms. The number of aromatic amines is 1. The van der Waals surface area contributed by atoms with Crippen molar-refractivity contribution < 1.29 is 15.0 Å². The average molecular weight is 331 g/mol. The van der Waals surface area contributed by atoms with E-state index >= 15 is 0 Å². The van der Waals surface area contributed by atoms with E-state index in [4.69, 9.17) is 5.11 Å². The van der Waals surface area contributed by atoms with E-state index in [1.165, 1.54) is 0 Å². The van der Waals surface area contributed by atoms with Crippen LogP contribution in [0, 0.1) is 0 Å². The van der Waals surface area contributed by atoms with Crippen LogP contribution in [-0.2, 0) is 11.2 Å². The number of H-pyrrole nitrogens is 1. The molecule has 0 radical (unpaired) electrons. The SMILES string of the molecule is O=C(O)C(I)Cc1c[nH]c2ccc(O)cc12. The number of alkyl halides is 1. The third-order valence-electron chi connectivity index (χ3n) is 2.42. The molecule has 0 amide bonds. The lowest BCUT2D eigenvalue weighted by atomic mass is 10.1. The average Bonchev–Trinajstić information content (AvgIpc) is 2.61. The summed E-state index contributed by atoms with van der Waals surface area (Å²) in [5, 5.41) is 19.1. The van der Waals surface area contributed by atoms with Crippen LogP contribution in [0.1, 0.15) is 5.56 Å². The zero-order chi connectivity index (χ0) is 11.7. The smallest absolute Gasteiger partial charge is 0.316 e. The fourth-order valence-corrected chi connectivity index (χ4v) is 2.09. The van der Waals surface area contributed by atoms with Gasteiger partial charge in [0.15, 0.2) is 0 Å². The number of carbonyl (C=O) groups is 1. The van der Waals surface area contributed by atoms with E-state index in [0.717, 1.165) is 16.5 Å². The molecule has 84 valence electrons. The number of phenolic OH excluding ortho intramolecular Hbond substituents is 1. The van der Waals surface area contributed by atoms with Gasteiger partial charge in [-0.2, -0.15) is 0 Å². The molecule has 0 aliphatic carbocycles. The first-order valence-electron chi connectivity index (χ1n) is 4.74. The van der Waals surface area contributed by atoms with Gasteiger partial charge in [0.25, 0.3) is 0 Å². The Morgan fingerprint density at radius 3 is 2.94 bits per heavy atom. The van der Waals surface area contributed by atoms with Crippen molar-refractivity contribution in [3.8, 4) is 5.75 Å². The molecule has 16 heavy (non-hydrogen) atoms. The molecule has 0 saturated heterocycles. The van der Waals surface area contributed by atoms with Crippen LogP contribution in [0.4, 0.5) is 0 Å². The number of halogens is 1. The molecule has 0 spiro atoms. The Bertz CT molecular complexity index is 535. The summed E-state index contributed by atoms with van der Waals surface area (Å²) < 4.78 is -0.459. The van der Waals surface area contributed by atoms with Gasteiger partial charge in [0.05, 0.1) is 0 Å². The second kappa shape index (κ2) is 4.32. The summed E-state index contributed by atoms with van der Waals surface area (Å²) in [6, 6.07) is 5.02. The highest BCUT2D eigenvalue weighted by Crippen LogP contribution is 2.25. The summed E-state index contributed by atoms with van der Waals surface area (Å²) in [5.41, 5.74) is 1.81. The fraction of sp³-hybridized carbons (Fsp3) is 0.182. The predicted molar refractivity (Wildman–Crippen MR) is 69.1 cm³/mol. The normalized spacial score (nSPS) is 12.8. The summed E-state index contributed by atoms with van der Waals surface area (Å²) in [6.45, 7) is 0. The zero-order valence-electron chi connectivity index (χ0n) is 8.27. The molecular formula is C11H10INO3. The van der Waals surface area contributed by atoms with Gasteiger partial charge in [-0.25, -0.2) is 0 Å². The Hall–Kier alpha value is -1.24. The minimum Gasteiger partial charge on any atom is -0.508 e. The monoisotopic (exact) mass is 331 g/mol. The number of rotatable bonds is 3. The predicted octanol–water partition coefficient (Wildman–Crippen LogP) is 2.30. The van der Waals surface area contributed by atoms with Gasteiger partial charge in [-0.15, -0.1) is 0 Å². The van der Waals surface area contributed by atoms with Crippen LogP contribution in [0.5, 0.6) is 5.75 Å². The first kappa shape index (κ1) is 11.3. The van der Waals surface area contributed by atoms with Crippen molar-refractivity contribution in [3.63, 3.8) is 0 Å². The Kier molecular flexibility index (Phi) is 3.04. The molecule has 0 aliphatic heterocycles. The molecule has 1 heterocycles. The van der Waals surface area contributed by atoms with Crippen LogP contribution in [-0.4, -0.2) is 25.1 Å². The van der Waals surface area contributed by atoms with E-state index < -0.39 is 9.89 Å². The maximum atomic E-state index is 10.8. The number of hydrogen-bond donors (Lipinski definition) is 3. The van der Waals surface area contributed by atoms with E-state index in [1.54, 1.807) is 24.4 Å². The van der Waals surface area contributed by atoms with E-state index in [1.807, 2.05) is 22.6 Å². The number of aromatic hydroxyl groups is 1. The summed E-state index contributed by atoms with van der Waals surface area (Å²) in [6.07, 6.45) is 2.23. The first-order chi connectivity index (χ1) is 7.58. The first-order valence-corrected chi connectivity index (χ1v) is 5.98. The Labute approximate surface area is 105 Å². The molecule has 1 aromatic heterocycles. The number of phenols is 1. The van der Waals surface area contributed by atoms with Crippen LogP contribution >= 0.6 is 22.6 Å². The topological polar surface area (TPSA) is 73.3 Å². The molecule has 2 aromatic rings. The van der Waals surface area contributed by atoms with Crippen molar-refractivity contribution >= 4 is 39.5 Å². The van der Waals surface area contributed by atoms with Crippen molar-refractivity contribution in [2.45, 2.75) is 10.3 Å². The van der Waals surface area contributed by atoms with Crippen LogP contribution in [0.2, 0.25) is 0 Å². The highest BCUT2D eigenvalue weighted by Gasteiger charge is 2.16. The summed E-state index contributed by atoms with van der Waals surface area (Å²) in [7, 11) is 0. The van der Waals surface area contributed by atoms with Gasteiger partial charge in [0, 0.05) is 17.1 Å². The Balaban J connectivity index is 2.37. The number of benzene rings is 1. The molecule has 1 atom stereocenters. The zero-order valence-corrected chi connectivity index (χ0v) is 10.4. The molecule has 4 nitrogen and oxygen atoms in total. The number of aromatic nitrogens is 1. The second-order valence-electron chi connectivity index (χ2n) is 3.55. The molecule has 2 rings (SSSR count). The van der Waals surface area contributed by atoms with Gasteiger partial charge < -0.3 is 15.2 Å². The van der Waals surface area contributed by atoms with Gasteiger partial charge in [0.2, 0.25) is 0 Å². The third-order valence-corrected chi connectivity index (χ3v) is 3.39. The number of hydrogen-bond acceptors (Lipinski definition) is 2. The number of fused-ring (bicyclic) bond motifs is 1. The number of aliphatic carboxylic acids is 1. The van der Waals surface area contributed by atoms with Crippen molar-refractivity contribution in [2.24, 2.45) is 0 Å². The molecule has 0 aliphatic rings. The van der Waals surface area contributed by atoms with E-state index in [-0.39, 0.29) is 5.75 Å². The lowest BCUT2D eigenvalue weighted by Gasteiger charge is -2.03. The van der Waals surface area contributed by atoms with Crippen LogP contribution < -0.4 is 0 Å². The number of carboxylic acid groups (broad SMARTS) is 1. The van der Waals surface area contributed by atoms with Crippen molar-refractivity contribution in [3.05, 3.63) is 30.0 Å². The van der Waals surface area contributed by atoms with Gasteiger partial charge in [-0.1, -0.05) is 22.6 Å². The Morgan fingerprint density at radius 2 is 2.25 bits per heavy atom. The molecular weight excluding hydrogens is 321 g/mol. The highest BCUT2D eigenvalue weighted by molar-refractivity contribution is 14.1. The van der Waals surface area contributed by atoms with E-state index in [0.29, 0.717) is 6.42 Å². The number of carboxylic acids is 1. The number of nitrogens with one attached hydrogen (secondary N) is 1. The highest BCUT2D eigenvalue weighted by atomic mass is 127. The van der Waals surface area contributed by atoms with Gasteiger partial charge >= 0.3 is 5.97 Å². The van der Waals surface area contributed by atoms with E-state index in [2.05, 4.69) is 4.98 Å². The molecule has 1 aromatic carbocycles. The molecule has 0 bridgehead atoms. The van der Waals surface area contributed by atoms with Crippen LogP contribution in [0.3, 0.4) is 0 Å². The standard InChI is InChI=1S/C11H10INO3/c12-9(11(15)16)3-6-5-13-10-2-1-7(14)4-8(6)10/h1-2,4-5,9,13-14H,3H2,(H,15,16). The molecule has 1 unspecified atom stereocenters. The van der Waals surface area contributed by atoms with Crippen LogP contribution in [0.15, 0.2) is 24.4 Å². The van der Waals surface area contributed by atoms with Gasteiger partial charge in [0.1, 0.15) is 9.67 Å². The van der Waals surface area contributed by atoms with Crippen molar-refractivity contribution in [1.29, 1.82) is 0 Å². The lowest BCUT2D eigenvalue weighted by Crippen LogP contribution is -2.14. The van der Waals surface area contributed by atoms with E-state index in [9.17, 15) is 9.90 Å². The molecule has 0 fully saturated rings. The summed E-state index contributed by atoms with van der Waals surface area (Å²) in [5.74, 6) is -0.635.